The fourth-order valence-electron chi connectivity index (χ4n) is 5.47. The van der Waals surface area contributed by atoms with Crippen molar-refractivity contribution in [3.05, 3.63) is 110 Å². The Kier molecular flexibility index (Phi) is 6.10. The van der Waals surface area contributed by atoms with E-state index in [0.717, 1.165) is 27.9 Å². The van der Waals surface area contributed by atoms with Crippen molar-refractivity contribution in [2.24, 2.45) is 0 Å². The van der Waals surface area contributed by atoms with E-state index in [9.17, 15) is 14.7 Å². The number of aromatic amines is 1. The summed E-state index contributed by atoms with van der Waals surface area (Å²) >= 11 is 7.50. The summed E-state index contributed by atoms with van der Waals surface area (Å²) in [5.74, 6) is -0.331. The molecule has 7 rings (SSSR count). The van der Waals surface area contributed by atoms with Crippen LogP contribution in [0.15, 0.2) is 83.4 Å². The molecule has 12 heteroatoms. The molecule has 5 heterocycles. The van der Waals surface area contributed by atoms with Crippen molar-refractivity contribution in [3.63, 3.8) is 0 Å². The number of tetrazole rings is 1. The van der Waals surface area contributed by atoms with Gasteiger partial charge in [-0.25, -0.2) is 9.78 Å². The third-order valence-corrected chi connectivity index (χ3v) is 8.45. The number of aryl methyl sites for hydroxylation is 1. The van der Waals surface area contributed by atoms with Crippen molar-refractivity contribution in [2.75, 3.05) is 0 Å². The van der Waals surface area contributed by atoms with Gasteiger partial charge in [0.2, 0.25) is 0 Å². The van der Waals surface area contributed by atoms with Crippen molar-refractivity contribution >= 4 is 28.9 Å². The number of carboxylic acid groups (broad SMARTS) is 1. The third kappa shape index (κ3) is 4.35. The van der Waals surface area contributed by atoms with Crippen LogP contribution >= 0.6 is 22.9 Å². The number of hydrogen-bond donors (Lipinski definition) is 2. The summed E-state index contributed by atoms with van der Waals surface area (Å²) in [5, 5.41) is 23.6. The number of nitrogens with one attached hydrogen (secondary N) is 1. The number of hydrogen-bond acceptors (Lipinski definition) is 7. The van der Waals surface area contributed by atoms with E-state index in [2.05, 4.69) is 25.5 Å². The standard InChI is InChI=1S/C29H20ClN7O3S/c30-18-6-8-23(36-15-32-34-35-36)20(12-18)17-10-19-7-9-24(37(19)25(38)11-17)28-31-13-22(33-28)21-14-41-27(29(39)40)26(21)16-4-2-1-3-5-16/h1-6,8,10-15,24H,7,9H2,(H,31,33)(H,39,40)/t24-/m0/s1. The van der Waals surface area contributed by atoms with E-state index < -0.39 is 5.97 Å². The minimum Gasteiger partial charge on any atom is -0.477 e. The Morgan fingerprint density at radius 3 is 2.71 bits per heavy atom. The highest BCUT2D eigenvalue weighted by atomic mass is 35.5. The van der Waals surface area contributed by atoms with Gasteiger partial charge < -0.3 is 14.7 Å². The van der Waals surface area contributed by atoms with Gasteiger partial charge in [-0.1, -0.05) is 41.9 Å². The van der Waals surface area contributed by atoms with Crippen LogP contribution in [0, 0.1) is 0 Å². The van der Waals surface area contributed by atoms with Crippen molar-refractivity contribution in [3.8, 4) is 39.2 Å². The number of thiophene rings is 1. The number of halogens is 1. The molecular weight excluding hydrogens is 562 g/mol. The lowest BCUT2D eigenvalue weighted by molar-refractivity contribution is 0.0703. The van der Waals surface area contributed by atoms with Gasteiger partial charge in [0.25, 0.3) is 5.56 Å². The monoisotopic (exact) mass is 581 g/mol. The first-order chi connectivity index (χ1) is 20.0. The van der Waals surface area contributed by atoms with E-state index in [1.165, 1.54) is 22.3 Å². The number of fused-ring (bicyclic) bond motifs is 1. The van der Waals surface area contributed by atoms with Crippen LogP contribution in [0.1, 0.15) is 33.7 Å². The number of nitrogens with zero attached hydrogens (tertiary/aromatic N) is 6. The van der Waals surface area contributed by atoms with Gasteiger partial charge in [-0.3, -0.25) is 4.79 Å². The van der Waals surface area contributed by atoms with Gasteiger partial charge in [-0.05, 0) is 58.7 Å². The molecule has 0 saturated carbocycles. The van der Waals surface area contributed by atoms with Crippen molar-refractivity contribution in [1.29, 1.82) is 0 Å². The summed E-state index contributed by atoms with van der Waals surface area (Å²) < 4.78 is 3.30. The minimum atomic E-state index is -0.977. The average Bonchev–Trinajstić information content (AvgIpc) is 3.78. The number of rotatable bonds is 6. The maximum Gasteiger partial charge on any atom is 0.346 e. The summed E-state index contributed by atoms with van der Waals surface area (Å²) in [6, 6.07) is 18.1. The first kappa shape index (κ1) is 25.1. The second-order valence-corrected chi connectivity index (χ2v) is 10.9. The Morgan fingerprint density at radius 1 is 1.07 bits per heavy atom. The molecule has 1 aliphatic rings. The molecule has 10 nitrogen and oxygen atoms in total. The van der Waals surface area contributed by atoms with E-state index >= 15 is 0 Å². The third-order valence-electron chi connectivity index (χ3n) is 7.25. The van der Waals surface area contributed by atoms with Gasteiger partial charge in [0.05, 0.1) is 23.6 Å². The first-order valence-electron chi connectivity index (χ1n) is 12.7. The zero-order valence-corrected chi connectivity index (χ0v) is 22.8. The van der Waals surface area contributed by atoms with Gasteiger partial charge in [0, 0.05) is 38.9 Å². The van der Waals surface area contributed by atoms with Gasteiger partial charge >= 0.3 is 5.97 Å². The summed E-state index contributed by atoms with van der Waals surface area (Å²) in [7, 11) is 0. The summed E-state index contributed by atoms with van der Waals surface area (Å²) in [5.41, 5.74) is 5.82. The second kappa shape index (κ2) is 9.95. The Bertz CT molecular complexity index is 1980. The average molecular weight is 582 g/mol. The van der Waals surface area contributed by atoms with Crippen LogP contribution in [0.5, 0.6) is 0 Å². The molecule has 1 atom stereocenters. The van der Waals surface area contributed by atoms with Crippen LogP contribution in [-0.2, 0) is 6.42 Å². The van der Waals surface area contributed by atoms with Gasteiger partial charge in [-0.2, -0.15) is 4.68 Å². The molecular formula is C29H20ClN7O3S. The van der Waals surface area contributed by atoms with Crippen LogP contribution < -0.4 is 5.56 Å². The van der Waals surface area contributed by atoms with E-state index in [1.807, 2.05) is 47.8 Å². The molecule has 0 radical (unpaired) electrons. The molecule has 41 heavy (non-hydrogen) atoms. The Morgan fingerprint density at radius 2 is 1.93 bits per heavy atom. The lowest BCUT2D eigenvalue weighted by Crippen LogP contribution is -2.23. The maximum absolute atomic E-state index is 13.5. The molecule has 2 N–H and O–H groups in total. The number of carbonyl (C=O) groups is 1. The number of carboxylic acids is 1. The van der Waals surface area contributed by atoms with Crippen LogP contribution in [0.2, 0.25) is 5.02 Å². The van der Waals surface area contributed by atoms with E-state index in [0.29, 0.717) is 40.6 Å². The normalized spacial score (nSPS) is 14.3. The Hall–Kier alpha value is -4.87. The quantitative estimate of drug-likeness (QED) is 0.265. The van der Waals surface area contributed by atoms with Gasteiger partial charge in [0.15, 0.2) is 0 Å². The first-order valence-corrected chi connectivity index (χ1v) is 14.0. The molecule has 0 fully saturated rings. The lowest BCUT2D eigenvalue weighted by Gasteiger charge is -2.15. The molecule has 6 aromatic rings. The zero-order valence-electron chi connectivity index (χ0n) is 21.2. The number of pyridine rings is 1. The number of imidazole rings is 1. The van der Waals surface area contributed by atoms with E-state index in [1.54, 1.807) is 29.0 Å². The highest BCUT2D eigenvalue weighted by Gasteiger charge is 2.29. The molecule has 1 aliphatic heterocycles. The molecule has 2 aromatic carbocycles. The van der Waals surface area contributed by atoms with Crippen LogP contribution in [-0.4, -0.2) is 45.8 Å². The van der Waals surface area contributed by atoms with Crippen LogP contribution in [0.3, 0.4) is 0 Å². The fourth-order valence-corrected chi connectivity index (χ4v) is 6.57. The predicted molar refractivity (Wildman–Crippen MR) is 155 cm³/mol. The lowest BCUT2D eigenvalue weighted by atomic mass is 10.0. The highest BCUT2D eigenvalue weighted by molar-refractivity contribution is 7.13. The smallest absolute Gasteiger partial charge is 0.346 e. The summed E-state index contributed by atoms with van der Waals surface area (Å²) in [4.78, 5) is 33.8. The summed E-state index contributed by atoms with van der Waals surface area (Å²) in [6.45, 7) is 0. The maximum atomic E-state index is 13.5. The highest BCUT2D eigenvalue weighted by Crippen LogP contribution is 2.40. The molecule has 0 unspecified atom stereocenters. The van der Waals surface area contributed by atoms with E-state index in [4.69, 9.17) is 11.6 Å². The largest absolute Gasteiger partial charge is 0.477 e. The zero-order chi connectivity index (χ0) is 28.1. The van der Waals surface area contributed by atoms with E-state index in [-0.39, 0.29) is 16.5 Å². The predicted octanol–water partition coefficient (Wildman–Crippen LogP) is 5.50. The van der Waals surface area contributed by atoms with Crippen molar-refractivity contribution < 1.29 is 9.90 Å². The molecule has 4 aromatic heterocycles. The second-order valence-electron chi connectivity index (χ2n) is 9.62. The molecule has 202 valence electrons. The van der Waals surface area contributed by atoms with Gasteiger partial charge in [0.1, 0.15) is 17.0 Å². The molecule has 0 bridgehead atoms. The van der Waals surface area contributed by atoms with Crippen molar-refractivity contribution in [2.45, 2.75) is 18.9 Å². The number of aromatic carboxylic acids is 1. The minimum absolute atomic E-state index is 0.158. The SMILES string of the molecule is O=C(O)c1scc(-c2cnc([C@@H]3CCc4cc(-c5cc(Cl)ccc5-n5cnnn5)cc(=O)n43)[nH]2)c1-c1ccccc1. The Balaban J connectivity index is 1.27. The topological polar surface area (TPSA) is 132 Å². The number of aromatic nitrogens is 7. The van der Waals surface area contributed by atoms with Crippen LogP contribution in [0.25, 0.3) is 39.2 Å². The number of H-pyrrole nitrogens is 1. The molecule has 0 saturated heterocycles. The fraction of sp³-hybridized carbons (Fsp3) is 0.103. The molecule has 0 spiro atoms. The summed E-state index contributed by atoms with van der Waals surface area (Å²) in [6.07, 6.45) is 4.57. The number of benzene rings is 2. The van der Waals surface area contributed by atoms with Gasteiger partial charge in [-0.15, -0.1) is 16.4 Å². The van der Waals surface area contributed by atoms with Crippen LogP contribution in [0.4, 0.5) is 0 Å². The van der Waals surface area contributed by atoms with Crippen molar-refractivity contribution in [1.82, 2.24) is 34.7 Å². The molecule has 0 aliphatic carbocycles. The Labute approximate surface area is 241 Å². The molecule has 0 amide bonds.